The maximum absolute atomic E-state index is 12.9. The van der Waals surface area contributed by atoms with Gasteiger partial charge in [-0.25, -0.2) is 0 Å². The molecule has 0 heterocycles. The molecule has 0 aliphatic heterocycles. The zero-order valence-corrected chi connectivity index (χ0v) is 31.5. The number of carboxylic acids is 1. The van der Waals surface area contributed by atoms with Crippen LogP contribution in [0.4, 0.5) is 0 Å². The molecule has 0 bridgehead atoms. The van der Waals surface area contributed by atoms with Gasteiger partial charge in [-0.2, -0.15) is 0 Å². The molecule has 2 aliphatic rings. The standard InChI is InChI=1S/C30H50N2O4.C12H23N/c1-3-4-5-6-7-8-9-10-11-12-13-14-15-19-22-26(24-28(33)34)29(35)32-27(30(36)31-2)23-25-20-17-16-18-21-25;1-3-7-11(8-4-1)13-12-9-5-2-6-10-12/h16-18,20-21,26-27H,3-15,19,22-24H2,1-2H3,(H,31,36)(H,32,35)(H,33,34);11-13H,1-10H2/t26-,27+;/m1./s1. The topological polar surface area (TPSA) is 108 Å². The average molecular weight is 684 g/mol. The Morgan fingerprint density at radius 2 is 1.14 bits per heavy atom. The minimum atomic E-state index is -0.986. The predicted octanol–water partition coefficient (Wildman–Crippen LogP) is 9.66. The van der Waals surface area contributed by atoms with E-state index in [1.165, 1.54) is 142 Å². The quantitative estimate of drug-likeness (QED) is 0.0812. The molecule has 0 saturated heterocycles. The summed E-state index contributed by atoms with van der Waals surface area (Å²) >= 11 is 0. The Hall–Kier alpha value is -2.41. The molecule has 7 nitrogen and oxygen atoms in total. The van der Waals surface area contributed by atoms with Crippen LogP contribution in [-0.2, 0) is 20.8 Å². The number of rotatable bonds is 24. The minimum Gasteiger partial charge on any atom is -0.481 e. The third-order valence-corrected chi connectivity index (χ3v) is 10.5. The molecule has 1 aromatic rings. The van der Waals surface area contributed by atoms with E-state index >= 15 is 0 Å². The summed E-state index contributed by atoms with van der Waals surface area (Å²) in [4.78, 5) is 36.6. The van der Waals surface area contributed by atoms with Crippen LogP contribution in [0.15, 0.2) is 30.3 Å². The molecule has 2 saturated carbocycles. The van der Waals surface area contributed by atoms with E-state index in [1.807, 2.05) is 30.3 Å². The zero-order chi connectivity index (χ0) is 35.4. The molecule has 0 aromatic heterocycles. The summed E-state index contributed by atoms with van der Waals surface area (Å²) in [5, 5.41) is 18.6. The fourth-order valence-corrected chi connectivity index (χ4v) is 7.52. The summed E-state index contributed by atoms with van der Waals surface area (Å²) in [6, 6.07) is 10.5. The van der Waals surface area contributed by atoms with Crippen molar-refractivity contribution < 1.29 is 19.5 Å². The molecule has 7 heteroatoms. The second-order valence-electron chi connectivity index (χ2n) is 14.9. The Balaban J connectivity index is 0.000000526. The van der Waals surface area contributed by atoms with Crippen LogP contribution in [0, 0.1) is 5.92 Å². The van der Waals surface area contributed by atoms with Crippen molar-refractivity contribution in [3.8, 4) is 0 Å². The third kappa shape index (κ3) is 21.4. The van der Waals surface area contributed by atoms with Crippen molar-refractivity contribution in [2.75, 3.05) is 7.05 Å². The van der Waals surface area contributed by atoms with Gasteiger partial charge in [-0.15, -0.1) is 0 Å². The number of amides is 2. The van der Waals surface area contributed by atoms with Gasteiger partial charge in [0.15, 0.2) is 0 Å². The van der Waals surface area contributed by atoms with E-state index in [9.17, 15) is 19.5 Å². The number of nitrogens with one attached hydrogen (secondary N) is 3. The smallest absolute Gasteiger partial charge is 0.304 e. The molecule has 1 aromatic carbocycles. The summed E-state index contributed by atoms with van der Waals surface area (Å²) in [6.45, 7) is 2.25. The molecule has 2 aliphatic carbocycles. The van der Waals surface area contributed by atoms with Crippen LogP contribution in [0.5, 0.6) is 0 Å². The number of hydrogen-bond acceptors (Lipinski definition) is 4. The highest BCUT2D eigenvalue weighted by molar-refractivity contribution is 5.89. The van der Waals surface area contributed by atoms with Crippen LogP contribution in [0.25, 0.3) is 0 Å². The first kappa shape index (κ1) is 42.8. The lowest BCUT2D eigenvalue weighted by atomic mass is 9.91. The Morgan fingerprint density at radius 1 is 0.673 bits per heavy atom. The van der Waals surface area contributed by atoms with Crippen LogP contribution in [0.2, 0.25) is 0 Å². The lowest BCUT2D eigenvalue weighted by molar-refractivity contribution is -0.141. The summed E-state index contributed by atoms with van der Waals surface area (Å²) < 4.78 is 0. The number of likely N-dealkylation sites (N-methyl/N-ethyl adjacent to an activating group) is 1. The zero-order valence-electron chi connectivity index (χ0n) is 31.5. The molecule has 0 spiro atoms. The van der Waals surface area contributed by atoms with Crippen LogP contribution in [0.1, 0.15) is 179 Å². The van der Waals surface area contributed by atoms with E-state index in [1.54, 1.807) is 0 Å². The van der Waals surface area contributed by atoms with E-state index in [4.69, 9.17) is 0 Å². The van der Waals surface area contributed by atoms with Crippen LogP contribution in [-0.4, -0.2) is 48.1 Å². The van der Waals surface area contributed by atoms with Gasteiger partial charge in [-0.1, -0.05) is 166 Å². The number of carboxylic acid groups (broad SMARTS) is 1. The number of unbranched alkanes of at least 4 members (excludes halogenated alkanes) is 13. The lowest BCUT2D eigenvalue weighted by Crippen LogP contribution is -2.49. The van der Waals surface area contributed by atoms with Crippen LogP contribution in [0.3, 0.4) is 0 Å². The summed E-state index contributed by atoms with van der Waals surface area (Å²) in [7, 11) is 1.54. The second kappa shape index (κ2) is 28.3. The fraction of sp³-hybridized carbons (Fsp3) is 0.786. The largest absolute Gasteiger partial charge is 0.481 e. The van der Waals surface area contributed by atoms with Crippen molar-refractivity contribution in [2.24, 2.45) is 5.92 Å². The highest BCUT2D eigenvalue weighted by atomic mass is 16.4. The van der Waals surface area contributed by atoms with E-state index in [2.05, 4.69) is 22.9 Å². The normalized spacial score (nSPS) is 16.6. The molecule has 0 radical (unpaired) electrons. The molecule has 0 unspecified atom stereocenters. The summed E-state index contributed by atoms with van der Waals surface area (Å²) in [6.07, 6.45) is 32.8. The van der Waals surface area contributed by atoms with Crippen molar-refractivity contribution in [3.05, 3.63) is 35.9 Å². The average Bonchev–Trinajstić information content (AvgIpc) is 3.12. The van der Waals surface area contributed by atoms with Gasteiger partial charge in [-0.3, -0.25) is 14.4 Å². The molecule has 3 rings (SSSR count). The van der Waals surface area contributed by atoms with Crippen molar-refractivity contribution >= 4 is 17.8 Å². The maximum atomic E-state index is 12.9. The Morgan fingerprint density at radius 3 is 1.59 bits per heavy atom. The monoisotopic (exact) mass is 684 g/mol. The van der Waals surface area contributed by atoms with Gasteiger partial charge in [0.2, 0.25) is 11.8 Å². The number of carbonyl (C=O) groups excluding carboxylic acids is 2. The third-order valence-electron chi connectivity index (χ3n) is 10.5. The molecule has 2 fully saturated rings. The Bertz CT molecular complexity index is 959. The number of aliphatic carboxylic acids is 1. The molecule has 280 valence electrons. The van der Waals surface area contributed by atoms with Gasteiger partial charge in [0.25, 0.3) is 0 Å². The van der Waals surface area contributed by atoms with Crippen molar-refractivity contribution in [3.63, 3.8) is 0 Å². The van der Waals surface area contributed by atoms with Gasteiger partial charge in [0.05, 0.1) is 6.42 Å². The van der Waals surface area contributed by atoms with Gasteiger partial charge in [0.1, 0.15) is 6.04 Å². The molecular weight excluding hydrogens is 610 g/mol. The van der Waals surface area contributed by atoms with E-state index < -0.39 is 17.9 Å². The van der Waals surface area contributed by atoms with Gasteiger partial charge >= 0.3 is 5.97 Å². The molecule has 49 heavy (non-hydrogen) atoms. The Labute approximate surface area is 299 Å². The van der Waals surface area contributed by atoms with E-state index in [0.29, 0.717) is 12.8 Å². The second-order valence-corrected chi connectivity index (χ2v) is 14.9. The SMILES string of the molecule is C1CCC(NC2CCCCC2)CC1.CCCCCCCCCCCCCCCC[C@H](CC(=O)O)C(=O)N[C@@H](Cc1ccccc1)C(=O)NC. The number of carbonyl (C=O) groups is 3. The summed E-state index contributed by atoms with van der Waals surface area (Å²) in [5.41, 5.74) is 0.938. The van der Waals surface area contributed by atoms with Gasteiger partial charge in [-0.05, 0) is 37.7 Å². The van der Waals surface area contributed by atoms with Crippen molar-refractivity contribution in [1.29, 1.82) is 0 Å². The van der Waals surface area contributed by atoms with Crippen molar-refractivity contribution in [1.82, 2.24) is 16.0 Å². The highest BCUT2D eigenvalue weighted by Crippen LogP contribution is 2.23. The predicted molar refractivity (Wildman–Crippen MR) is 204 cm³/mol. The Kier molecular flexibility index (Phi) is 24.7. The number of benzene rings is 1. The van der Waals surface area contributed by atoms with E-state index in [0.717, 1.165) is 36.9 Å². The van der Waals surface area contributed by atoms with Crippen LogP contribution < -0.4 is 16.0 Å². The fourth-order valence-electron chi connectivity index (χ4n) is 7.52. The van der Waals surface area contributed by atoms with Gasteiger partial charge < -0.3 is 21.1 Å². The van der Waals surface area contributed by atoms with Crippen LogP contribution >= 0.6 is 0 Å². The van der Waals surface area contributed by atoms with E-state index in [-0.39, 0.29) is 18.2 Å². The summed E-state index contributed by atoms with van der Waals surface area (Å²) in [5.74, 6) is -2.24. The molecule has 2 amide bonds. The van der Waals surface area contributed by atoms with Crippen molar-refractivity contribution in [2.45, 2.75) is 198 Å². The number of hydrogen-bond donors (Lipinski definition) is 4. The highest BCUT2D eigenvalue weighted by Gasteiger charge is 2.27. The first-order valence-electron chi connectivity index (χ1n) is 20.5. The molecule has 2 atom stereocenters. The first-order chi connectivity index (χ1) is 23.9. The lowest BCUT2D eigenvalue weighted by Gasteiger charge is -2.30. The first-order valence-corrected chi connectivity index (χ1v) is 20.5. The molecular formula is C42H73N3O4. The molecule has 4 N–H and O–H groups in total. The minimum absolute atomic E-state index is 0.212. The maximum Gasteiger partial charge on any atom is 0.304 e. The van der Waals surface area contributed by atoms with Gasteiger partial charge in [0, 0.05) is 31.5 Å².